The van der Waals surface area contributed by atoms with Crippen LogP contribution in [-0.2, 0) is 9.53 Å². The van der Waals surface area contributed by atoms with Gasteiger partial charge in [0.2, 0.25) is 5.95 Å². The van der Waals surface area contributed by atoms with Crippen LogP contribution in [0.25, 0.3) is 0 Å². The van der Waals surface area contributed by atoms with Gasteiger partial charge in [0.25, 0.3) is 0 Å². The van der Waals surface area contributed by atoms with Crippen molar-refractivity contribution >= 4 is 29.3 Å². The van der Waals surface area contributed by atoms with Crippen LogP contribution in [0.4, 0.5) is 5.95 Å². The summed E-state index contributed by atoms with van der Waals surface area (Å²) in [6, 6.07) is 13.3. The minimum absolute atomic E-state index is 0.0229. The summed E-state index contributed by atoms with van der Waals surface area (Å²) in [5.41, 5.74) is 2.14. The molecule has 1 aromatic heterocycles. The van der Waals surface area contributed by atoms with Gasteiger partial charge in [-0.2, -0.15) is 4.68 Å². The molecule has 8 nitrogen and oxygen atoms in total. The molecule has 1 aliphatic heterocycles. The Hall–Kier alpha value is -3.52. The molecule has 1 aliphatic rings. The summed E-state index contributed by atoms with van der Waals surface area (Å²) >= 11 is 6.44. The highest BCUT2D eigenvalue weighted by atomic mass is 35.5. The first kappa shape index (κ1) is 18.8. The lowest BCUT2D eigenvalue weighted by molar-refractivity contribution is -0.136. The zero-order valence-electron chi connectivity index (χ0n) is 15.6. The molecule has 1 atom stereocenters. The van der Waals surface area contributed by atoms with Gasteiger partial charge in [-0.15, -0.1) is 0 Å². The maximum atomic E-state index is 13.5. The number of carbonyl (C=O) groups excluding carboxylic acids is 2. The number of tetrazole rings is 1. The van der Waals surface area contributed by atoms with Gasteiger partial charge in [-0.1, -0.05) is 64.7 Å². The molecule has 146 valence electrons. The highest BCUT2D eigenvalue weighted by Gasteiger charge is 2.39. The average molecular weight is 410 g/mol. The van der Waals surface area contributed by atoms with Crippen molar-refractivity contribution in [1.82, 2.24) is 20.2 Å². The van der Waals surface area contributed by atoms with Crippen LogP contribution < -0.4 is 5.32 Å². The van der Waals surface area contributed by atoms with E-state index in [-0.39, 0.29) is 23.0 Å². The van der Waals surface area contributed by atoms with Gasteiger partial charge in [-0.3, -0.25) is 4.79 Å². The highest BCUT2D eigenvalue weighted by molar-refractivity contribution is 6.31. The summed E-state index contributed by atoms with van der Waals surface area (Å²) in [5, 5.41) is 14.8. The molecule has 0 radical (unpaired) electrons. The van der Waals surface area contributed by atoms with Crippen molar-refractivity contribution in [2.75, 3.05) is 12.4 Å². The van der Waals surface area contributed by atoms with E-state index in [1.54, 1.807) is 36.4 Å². The molecule has 29 heavy (non-hydrogen) atoms. The van der Waals surface area contributed by atoms with Crippen LogP contribution in [0.1, 0.15) is 27.5 Å². The molecule has 4 rings (SSSR count). The topological polar surface area (TPSA) is 99.0 Å². The quantitative estimate of drug-likeness (QED) is 0.522. The smallest absolute Gasteiger partial charge is 0.355 e. The van der Waals surface area contributed by atoms with Crippen molar-refractivity contribution in [3.8, 4) is 0 Å². The molecule has 9 heteroatoms. The maximum absolute atomic E-state index is 13.5. The first-order valence-corrected chi connectivity index (χ1v) is 9.12. The van der Waals surface area contributed by atoms with E-state index in [9.17, 15) is 9.59 Å². The summed E-state index contributed by atoms with van der Waals surface area (Å²) in [5.74, 6) is -0.855. The third kappa shape index (κ3) is 3.27. The van der Waals surface area contributed by atoms with E-state index in [0.29, 0.717) is 16.1 Å². The molecule has 2 aromatic carbocycles. The largest absolute Gasteiger partial charge is 0.464 e. The molecule has 0 aliphatic carbocycles. The minimum atomic E-state index is -0.808. The number of anilines is 1. The van der Waals surface area contributed by atoms with Gasteiger partial charge in [0.05, 0.1) is 12.7 Å². The van der Waals surface area contributed by atoms with E-state index < -0.39 is 12.0 Å². The Morgan fingerprint density at radius 3 is 2.55 bits per heavy atom. The number of aryl methyl sites for hydroxylation is 1. The molecule has 0 saturated carbocycles. The van der Waals surface area contributed by atoms with Crippen LogP contribution in [0.2, 0.25) is 5.02 Å². The van der Waals surface area contributed by atoms with Crippen molar-refractivity contribution in [2.24, 2.45) is 0 Å². The fourth-order valence-corrected chi connectivity index (χ4v) is 3.47. The standard InChI is InChI=1S/C20H16ClN5O3/c1-11-7-9-12(10-8-11)18(27)15-16(19(28)29-2)22-20-23-24-25-26(20)17(15)13-5-3-4-6-14(13)21/h3-10,17H,1-2H3,(H,22,23,25)/t17-/m1/s1. The summed E-state index contributed by atoms with van der Waals surface area (Å²) in [6.07, 6.45) is 0. The van der Waals surface area contributed by atoms with Crippen LogP contribution in [-0.4, -0.2) is 39.1 Å². The lowest BCUT2D eigenvalue weighted by Gasteiger charge is -2.28. The Morgan fingerprint density at radius 2 is 1.86 bits per heavy atom. The van der Waals surface area contributed by atoms with Crippen LogP contribution in [0.3, 0.4) is 0 Å². The van der Waals surface area contributed by atoms with E-state index in [2.05, 4.69) is 20.8 Å². The maximum Gasteiger partial charge on any atom is 0.355 e. The number of benzene rings is 2. The van der Waals surface area contributed by atoms with Crippen molar-refractivity contribution in [3.63, 3.8) is 0 Å². The first-order chi connectivity index (χ1) is 14.0. The average Bonchev–Trinajstić information content (AvgIpc) is 3.21. The Bertz CT molecular complexity index is 1140. The number of aromatic nitrogens is 4. The minimum Gasteiger partial charge on any atom is -0.464 e. The third-order valence-electron chi connectivity index (χ3n) is 4.66. The van der Waals surface area contributed by atoms with Crippen LogP contribution in [0.15, 0.2) is 59.8 Å². The van der Waals surface area contributed by atoms with E-state index in [1.165, 1.54) is 11.8 Å². The number of esters is 1. The molecular formula is C20H16ClN5O3. The number of ether oxygens (including phenoxy) is 1. The lowest BCUT2D eigenvalue weighted by atomic mass is 9.89. The molecule has 0 spiro atoms. The normalized spacial score (nSPS) is 15.5. The van der Waals surface area contributed by atoms with Crippen LogP contribution >= 0.6 is 11.6 Å². The number of hydrogen-bond acceptors (Lipinski definition) is 7. The van der Waals surface area contributed by atoms with Gasteiger partial charge >= 0.3 is 5.97 Å². The summed E-state index contributed by atoms with van der Waals surface area (Å²) < 4.78 is 6.33. The molecule has 0 saturated heterocycles. The second kappa shape index (κ2) is 7.48. The van der Waals surface area contributed by atoms with Crippen LogP contribution in [0, 0.1) is 6.92 Å². The number of allylic oxidation sites excluding steroid dienone is 1. The number of hydrogen-bond donors (Lipinski definition) is 1. The van der Waals surface area contributed by atoms with E-state index in [4.69, 9.17) is 16.3 Å². The van der Waals surface area contributed by atoms with Crippen molar-refractivity contribution in [1.29, 1.82) is 0 Å². The van der Waals surface area contributed by atoms with Crippen molar-refractivity contribution < 1.29 is 14.3 Å². The van der Waals surface area contributed by atoms with Gasteiger partial charge in [-0.25, -0.2) is 4.79 Å². The summed E-state index contributed by atoms with van der Waals surface area (Å²) in [7, 11) is 1.24. The van der Waals surface area contributed by atoms with Crippen molar-refractivity contribution in [2.45, 2.75) is 13.0 Å². The highest BCUT2D eigenvalue weighted by Crippen LogP contribution is 2.39. The summed E-state index contributed by atoms with van der Waals surface area (Å²) in [6.45, 7) is 1.93. The molecule has 0 fully saturated rings. The molecule has 0 unspecified atom stereocenters. The lowest BCUT2D eigenvalue weighted by Crippen LogP contribution is -2.33. The number of fused-ring (bicyclic) bond motifs is 1. The predicted molar refractivity (Wildman–Crippen MR) is 106 cm³/mol. The Labute approximate surface area is 171 Å². The van der Waals surface area contributed by atoms with Crippen molar-refractivity contribution in [3.05, 3.63) is 81.5 Å². The SMILES string of the molecule is COC(=O)C1=C(C(=O)c2ccc(C)cc2)[C@@H](c2ccccc2Cl)n2nnnc2N1. The number of nitrogens with one attached hydrogen (secondary N) is 1. The zero-order valence-corrected chi connectivity index (χ0v) is 16.3. The number of halogens is 1. The number of carbonyl (C=O) groups is 2. The Morgan fingerprint density at radius 1 is 1.14 bits per heavy atom. The van der Waals surface area contributed by atoms with E-state index in [0.717, 1.165) is 5.56 Å². The molecular weight excluding hydrogens is 394 g/mol. The van der Waals surface area contributed by atoms with Gasteiger partial charge < -0.3 is 10.1 Å². The number of nitrogens with zero attached hydrogens (tertiary/aromatic N) is 4. The third-order valence-corrected chi connectivity index (χ3v) is 5.01. The van der Waals surface area contributed by atoms with Gasteiger partial charge in [-0.05, 0) is 23.4 Å². The molecule has 0 bridgehead atoms. The number of rotatable bonds is 4. The van der Waals surface area contributed by atoms with Gasteiger partial charge in [0.1, 0.15) is 11.7 Å². The monoisotopic (exact) mass is 409 g/mol. The fraction of sp³-hybridized carbons (Fsp3) is 0.150. The first-order valence-electron chi connectivity index (χ1n) is 8.74. The number of ketones is 1. The second-order valence-corrected chi connectivity index (χ2v) is 6.88. The summed E-state index contributed by atoms with van der Waals surface area (Å²) in [4.78, 5) is 26.1. The predicted octanol–water partition coefficient (Wildman–Crippen LogP) is 2.96. The molecule has 1 N–H and O–H groups in total. The second-order valence-electron chi connectivity index (χ2n) is 6.47. The fourth-order valence-electron chi connectivity index (χ4n) is 3.23. The van der Waals surface area contributed by atoms with Crippen LogP contribution in [0.5, 0.6) is 0 Å². The Kier molecular flexibility index (Phi) is 4.85. The van der Waals surface area contributed by atoms with Gasteiger partial charge in [0, 0.05) is 16.1 Å². The Balaban J connectivity index is 1.97. The van der Waals surface area contributed by atoms with E-state index in [1.807, 2.05) is 19.1 Å². The van der Waals surface area contributed by atoms with Gasteiger partial charge in [0.15, 0.2) is 5.78 Å². The molecule has 0 amide bonds. The number of Topliss-reactive ketones (excluding diaryl/α,β-unsaturated/α-hetero) is 1. The van der Waals surface area contributed by atoms with E-state index >= 15 is 0 Å². The molecule has 3 aromatic rings. The number of methoxy groups -OCH3 is 1. The molecule has 2 heterocycles. The zero-order chi connectivity index (χ0) is 20.5.